The molecule has 0 fully saturated rings. The number of allylic oxidation sites excluding steroid dienone is 2. The number of hydrogen-bond acceptors (Lipinski definition) is 5. The summed E-state index contributed by atoms with van der Waals surface area (Å²) in [6, 6.07) is -0.538. The van der Waals surface area contributed by atoms with Crippen LogP contribution in [-0.4, -0.2) is 47.4 Å². The van der Waals surface area contributed by atoms with Crippen molar-refractivity contribution < 1.29 is 24.5 Å². The zero-order chi connectivity index (χ0) is 63.5. The van der Waals surface area contributed by atoms with Gasteiger partial charge in [-0.15, -0.1) is 0 Å². The molecular weight excluding hydrogens is 1080 g/mol. The third kappa shape index (κ3) is 73.6. The highest BCUT2D eigenvalue weighted by Crippen LogP contribution is 2.21. The lowest BCUT2D eigenvalue weighted by Crippen LogP contribution is -2.45. The number of rotatable bonds is 78. The Hall–Kier alpha value is -1.40. The normalized spacial score (nSPS) is 12.5. The molecule has 0 rings (SSSR count). The number of carbonyl (C=O) groups is 2. The van der Waals surface area contributed by atoms with Crippen LogP contribution in [0.25, 0.3) is 0 Å². The highest BCUT2D eigenvalue weighted by atomic mass is 16.5. The van der Waals surface area contributed by atoms with Crippen LogP contribution in [0.1, 0.15) is 476 Å². The zero-order valence-corrected chi connectivity index (χ0v) is 60.3. The van der Waals surface area contributed by atoms with E-state index in [0.717, 1.165) is 44.9 Å². The largest absolute Gasteiger partial charge is 0.466 e. The van der Waals surface area contributed by atoms with Crippen molar-refractivity contribution in [1.82, 2.24) is 5.32 Å². The second-order valence-electron chi connectivity index (χ2n) is 28.5. The van der Waals surface area contributed by atoms with E-state index < -0.39 is 12.1 Å². The lowest BCUT2D eigenvalue weighted by molar-refractivity contribution is -0.143. The van der Waals surface area contributed by atoms with Crippen LogP contribution in [0.15, 0.2) is 12.2 Å². The van der Waals surface area contributed by atoms with Crippen LogP contribution >= 0.6 is 0 Å². The highest BCUT2D eigenvalue weighted by molar-refractivity contribution is 5.76. The van der Waals surface area contributed by atoms with Gasteiger partial charge in [0.15, 0.2) is 0 Å². The lowest BCUT2D eigenvalue weighted by atomic mass is 10.0. The fraction of sp³-hybridized carbons (Fsp3) is 0.951. The maximum Gasteiger partial charge on any atom is 0.305 e. The van der Waals surface area contributed by atoms with E-state index >= 15 is 0 Å². The molecule has 0 spiro atoms. The number of nitrogens with one attached hydrogen (secondary N) is 1. The molecule has 0 bridgehead atoms. The van der Waals surface area contributed by atoms with Gasteiger partial charge in [0.05, 0.1) is 25.4 Å². The standard InChI is InChI=1S/C82H161NO5/c1-3-5-7-9-11-13-15-17-19-20-21-22-34-37-40-43-47-50-54-58-62-66-70-74-80(85)79(78-84)83-81(86)75-71-67-63-59-55-51-48-44-41-38-35-32-30-28-26-24-23-25-27-29-31-33-36-39-42-45-49-53-57-61-65-69-73-77-88-82(87)76-72-68-64-60-56-52-46-18-16-14-12-10-8-6-4-2/h18,46,79-80,84-85H,3-17,19-45,47-78H2,1-2H3,(H,83,86)/b46-18-. The highest BCUT2D eigenvalue weighted by Gasteiger charge is 2.20. The van der Waals surface area contributed by atoms with Crippen molar-refractivity contribution in [3.8, 4) is 0 Å². The second-order valence-corrected chi connectivity index (χ2v) is 28.5. The summed E-state index contributed by atoms with van der Waals surface area (Å²) in [5.41, 5.74) is 0. The Morgan fingerprint density at radius 2 is 0.534 bits per heavy atom. The van der Waals surface area contributed by atoms with Crippen LogP contribution < -0.4 is 5.32 Å². The maximum absolute atomic E-state index is 12.6. The van der Waals surface area contributed by atoms with Crippen molar-refractivity contribution in [2.45, 2.75) is 488 Å². The van der Waals surface area contributed by atoms with Crippen LogP contribution in [0.2, 0.25) is 0 Å². The summed E-state index contributed by atoms with van der Waals surface area (Å²) in [6.45, 7) is 5.00. The van der Waals surface area contributed by atoms with E-state index in [-0.39, 0.29) is 18.5 Å². The predicted octanol–water partition coefficient (Wildman–Crippen LogP) is 27.1. The van der Waals surface area contributed by atoms with Crippen molar-refractivity contribution in [3.63, 3.8) is 0 Å². The zero-order valence-electron chi connectivity index (χ0n) is 60.3. The number of esters is 1. The number of aliphatic hydroxyl groups excluding tert-OH is 2. The van der Waals surface area contributed by atoms with Gasteiger partial charge in [-0.1, -0.05) is 424 Å². The molecule has 88 heavy (non-hydrogen) atoms. The molecule has 0 aromatic heterocycles. The Morgan fingerprint density at radius 3 is 0.807 bits per heavy atom. The molecule has 1 amide bonds. The predicted molar refractivity (Wildman–Crippen MR) is 389 cm³/mol. The Morgan fingerprint density at radius 1 is 0.307 bits per heavy atom. The molecule has 0 aromatic rings. The van der Waals surface area contributed by atoms with Crippen LogP contribution in [0.5, 0.6) is 0 Å². The molecule has 2 unspecified atom stereocenters. The Labute approximate surface area is 552 Å². The summed E-state index contributed by atoms with van der Waals surface area (Å²) in [5, 5.41) is 23.5. The molecule has 0 aliphatic carbocycles. The SMILES string of the molecule is CCCCCCCC/C=C\CCCCCCCC(=O)OCCCCCCCCCCCCCCCCCCCCCCCCCCCCCCCCCCCC(=O)NC(CO)C(O)CCCCCCCCCCCCCCCCCCCCCCCCC. The summed E-state index contributed by atoms with van der Waals surface area (Å²) in [6.07, 6.45) is 98.9. The number of unbranched alkanes of at least 4 members (excludes halogenated alkanes) is 65. The first-order valence-electron chi connectivity index (χ1n) is 40.9. The average molecular weight is 1240 g/mol. The van der Waals surface area contributed by atoms with E-state index in [9.17, 15) is 19.8 Å². The molecule has 3 N–H and O–H groups in total. The number of aliphatic hydroxyl groups is 2. The molecule has 0 aliphatic heterocycles. The average Bonchev–Trinajstić information content (AvgIpc) is 3.58. The molecule has 0 heterocycles. The molecule has 0 saturated carbocycles. The molecular formula is C82H161NO5. The minimum absolute atomic E-state index is 0.0151. The van der Waals surface area contributed by atoms with Crippen molar-refractivity contribution in [1.29, 1.82) is 0 Å². The van der Waals surface area contributed by atoms with Gasteiger partial charge in [-0.25, -0.2) is 0 Å². The summed E-state index contributed by atoms with van der Waals surface area (Å²) in [7, 11) is 0. The van der Waals surface area contributed by atoms with Gasteiger partial charge in [0.2, 0.25) is 5.91 Å². The van der Waals surface area contributed by atoms with Gasteiger partial charge in [-0.3, -0.25) is 9.59 Å². The van der Waals surface area contributed by atoms with Crippen molar-refractivity contribution in [3.05, 3.63) is 12.2 Å². The number of ether oxygens (including phenoxy) is 1. The van der Waals surface area contributed by atoms with Gasteiger partial charge >= 0.3 is 5.97 Å². The van der Waals surface area contributed by atoms with Gasteiger partial charge in [0, 0.05) is 12.8 Å². The summed E-state index contributed by atoms with van der Waals surface area (Å²) in [5.74, 6) is -0.00888. The minimum Gasteiger partial charge on any atom is -0.466 e. The third-order valence-electron chi connectivity index (χ3n) is 19.6. The van der Waals surface area contributed by atoms with Gasteiger partial charge in [-0.2, -0.15) is 0 Å². The van der Waals surface area contributed by atoms with Crippen LogP contribution in [0.3, 0.4) is 0 Å². The van der Waals surface area contributed by atoms with E-state index in [1.165, 1.54) is 398 Å². The van der Waals surface area contributed by atoms with Crippen LogP contribution in [0.4, 0.5) is 0 Å². The number of amides is 1. The van der Waals surface area contributed by atoms with Crippen molar-refractivity contribution >= 4 is 11.9 Å². The van der Waals surface area contributed by atoms with E-state index in [2.05, 4.69) is 31.3 Å². The van der Waals surface area contributed by atoms with Gasteiger partial charge in [-0.05, 0) is 51.4 Å². The quantitative estimate of drug-likeness (QED) is 0.0320. The first kappa shape index (κ1) is 86.6. The Kier molecular flexibility index (Phi) is 76.8. The molecule has 6 nitrogen and oxygen atoms in total. The number of carbonyl (C=O) groups excluding carboxylic acids is 2. The van der Waals surface area contributed by atoms with Gasteiger partial charge in [0.25, 0.3) is 0 Å². The maximum atomic E-state index is 12.6. The van der Waals surface area contributed by atoms with Gasteiger partial charge in [0.1, 0.15) is 0 Å². The first-order valence-corrected chi connectivity index (χ1v) is 40.9. The van der Waals surface area contributed by atoms with Crippen molar-refractivity contribution in [2.24, 2.45) is 0 Å². The number of hydrogen-bond donors (Lipinski definition) is 3. The third-order valence-corrected chi connectivity index (χ3v) is 19.6. The molecule has 0 saturated heterocycles. The van der Waals surface area contributed by atoms with Crippen LogP contribution in [0, 0.1) is 0 Å². The summed E-state index contributed by atoms with van der Waals surface area (Å²) < 4.78 is 5.50. The lowest BCUT2D eigenvalue weighted by Gasteiger charge is -2.22. The fourth-order valence-electron chi connectivity index (χ4n) is 13.3. The molecule has 0 radical (unpaired) electrons. The summed E-state index contributed by atoms with van der Waals surface area (Å²) in [4.78, 5) is 24.7. The summed E-state index contributed by atoms with van der Waals surface area (Å²) >= 11 is 0. The fourth-order valence-corrected chi connectivity index (χ4v) is 13.3. The van der Waals surface area contributed by atoms with Gasteiger partial charge < -0.3 is 20.3 Å². The Bertz CT molecular complexity index is 1340. The van der Waals surface area contributed by atoms with E-state index in [1.807, 2.05) is 0 Å². The molecule has 6 heteroatoms. The topological polar surface area (TPSA) is 95.9 Å². The monoisotopic (exact) mass is 1240 g/mol. The second kappa shape index (κ2) is 78.0. The first-order chi connectivity index (χ1) is 43.5. The molecule has 0 aliphatic rings. The van der Waals surface area contributed by atoms with E-state index in [0.29, 0.717) is 25.9 Å². The van der Waals surface area contributed by atoms with E-state index in [4.69, 9.17) is 4.74 Å². The Balaban J connectivity index is 3.32. The smallest absolute Gasteiger partial charge is 0.305 e. The van der Waals surface area contributed by atoms with E-state index in [1.54, 1.807) is 0 Å². The molecule has 524 valence electrons. The molecule has 2 atom stereocenters. The molecule has 0 aromatic carbocycles. The minimum atomic E-state index is -0.662. The van der Waals surface area contributed by atoms with Crippen molar-refractivity contribution in [2.75, 3.05) is 13.2 Å². The van der Waals surface area contributed by atoms with Crippen LogP contribution in [-0.2, 0) is 14.3 Å².